The number of aromatic nitrogens is 3. The molecule has 0 saturated heterocycles. The van der Waals surface area contributed by atoms with Crippen LogP contribution in [0.1, 0.15) is 32.2 Å². The van der Waals surface area contributed by atoms with E-state index in [1.165, 1.54) is 6.07 Å². The monoisotopic (exact) mass is 281 g/mol. The first-order valence-corrected chi connectivity index (χ1v) is 6.65. The Labute approximate surface area is 117 Å². The zero-order chi connectivity index (χ0) is 14.2. The van der Waals surface area contributed by atoms with Crippen molar-refractivity contribution in [2.75, 3.05) is 0 Å². The second kappa shape index (κ2) is 4.93. The van der Waals surface area contributed by atoms with Crippen molar-refractivity contribution in [3.63, 3.8) is 0 Å². The molecule has 0 unspecified atom stereocenters. The number of rotatable bonds is 2. The van der Waals surface area contributed by atoms with Crippen LogP contribution in [-0.2, 0) is 11.4 Å². The van der Waals surface area contributed by atoms with Gasteiger partial charge in [-0.25, -0.2) is 4.39 Å². The predicted molar refractivity (Wildman–Crippen MR) is 74.7 cm³/mol. The number of alkyl halides is 1. The average Bonchev–Trinajstić information content (AvgIpc) is 2.76. The van der Waals surface area contributed by atoms with Gasteiger partial charge in [-0.2, -0.15) is 0 Å². The van der Waals surface area contributed by atoms with E-state index in [-0.39, 0.29) is 11.4 Å². The van der Waals surface area contributed by atoms with Crippen molar-refractivity contribution in [1.82, 2.24) is 14.8 Å². The third kappa shape index (κ3) is 2.63. The van der Waals surface area contributed by atoms with Crippen molar-refractivity contribution in [3.8, 4) is 11.4 Å². The Balaban J connectivity index is 2.62. The molecule has 0 amide bonds. The highest BCUT2D eigenvalue weighted by atomic mass is 35.5. The summed E-state index contributed by atoms with van der Waals surface area (Å²) in [5, 5.41) is 8.32. The van der Waals surface area contributed by atoms with Crippen molar-refractivity contribution in [3.05, 3.63) is 35.4 Å². The van der Waals surface area contributed by atoms with Gasteiger partial charge in [-0.1, -0.05) is 0 Å². The van der Waals surface area contributed by atoms with Gasteiger partial charge in [0.1, 0.15) is 11.6 Å². The van der Waals surface area contributed by atoms with E-state index >= 15 is 0 Å². The van der Waals surface area contributed by atoms with Crippen LogP contribution in [0.3, 0.4) is 0 Å². The minimum absolute atomic E-state index is 0.189. The Morgan fingerprint density at radius 2 is 1.95 bits per heavy atom. The Kier molecular flexibility index (Phi) is 3.63. The molecule has 0 spiro atoms. The summed E-state index contributed by atoms with van der Waals surface area (Å²) >= 11 is 5.91. The van der Waals surface area contributed by atoms with Crippen LogP contribution < -0.4 is 0 Å². The van der Waals surface area contributed by atoms with E-state index in [1.807, 2.05) is 4.57 Å². The number of nitrogens with zero attached hydrogens (tertiary/aromatic N) is 3. The Hall–Kier alpha value is -1.42. The van der Waals surface area contributed by atoms with Crippen LogP contribution in [0.5, 0.6) is 0 Å². The van der Waals surface area contributed by atoms with Gasteiger partial charge in [-0.15, -0.1) is 21.8 Å². The first-order valence-electron chi connectivity index (χ1n) is 6.12. The minimum atomic E-state index is -0.219. The topological polar surface area (TPSA) is 30.7 Å². The van der Waals surface area contributed by atoms with E-state index in [9.17, 15) is 4.39 Å². The predicted octanol–water partition coefficient (Wildman–Crippen LogP) is 3.89. The molecular weight excluding hydrogens is 265 g/mol. The van der Waals surface area contributed by atoms with Gasteiger partial charge in [0, 0.05) is 11.1 Å². The highest BCUT2D eigenvalue weighted by Crippen LogP contribution is 2.27. The van der Waals surface area contributed by atoms with Gasteiger partial charge in [0.25, 0.3) is 0 Å². The lowest BCUT2D eigenvalue weighted by Gasteiger charge is -2.24. The van der Waals surface area contributed by atoms with Crippen LogP contribution in [0.25, 0.3) is 11.4 Å². The fourth-order valence-corrected chi connectivity index (χ4v) is 2.25. The molecule has 0 N–H and O–H groups in total. The van der Waals surface area contributed by atoms with Crippen molar-refractivity contribution >= 4 is 11.6 Å². The van der Waals surface area contributed by atoms with E-state index in [2.05, 4.69) is 31.0 Å². The molecule has 19 heavy (non-hydrogen) atoms. The zero-order valence-corrected chi connectivity index (χ0v) is 12.3. The van der Waals surface area contributed by atoms with E-state index < -0.39 is 0 Å². The Bertz CT molecular complexity index is 599. The lowest BCUT2D eigenvalue weighted by molar-refractivity contribution is 0.390. The number of aryl methyl sites for hydroxylation is 1. The summed E-state index contributed by atoms with van der Waals surface area (Å²) in [5.41, 5.74) is 1.25. The maximum atomic E-state index is 13.4. The highest BCUT2D eigenvalue weighted by molar-refractivity contribution is 6.16. The summed E-state index contributed by atoms with van der Waals surface area (Å²) in [6.45, 7) is 7.92. The Morgan fingerprint density at radius 3 is 2.47 bits per heavy atom. The van der Waals surface area contributed by atoms with Crippen LogP contribution in [0.4, 0.5) is 4.39 Å². The summed E-state index contributed by atoms with van der Waals surface area (Å²) in [5.74, 6) is 1.50. The van der Waals surface area contributed by atoms with Crippen LogP contribution in [0.15, 0.2) is 18.2 Å². The highest BCUT2D eigenvalue weighted by Gasteiger charge is 2.23. The molecule has 0 aliphatic carbocycles. The van der Waals surface area contributed by atoms with E-state index in [0.29, 0.717) is 23.1 Å². The lowest BCUT2D eigenvalue weighted by Crippen LogP contribution is -2.24. The minimum Gasteiger partial charge on any atom is -0.305 e. The third-order valence-corrected chi connectivity index (χ3v) is 3.18. The quantitative estimate of drug-likeness (QED) is 0.782. The van der Waals surface area contributed by atoms with Gasteiger partial charge in [-0.3, -0.25) is 0 Å². The van der Waals surface area contributed by atoms with E-state index in [4.69, 9.17) is 11.6 Å². The van der Waals surface area contributed by atoms with Gasteiger partial charge in [-0.05, 0) is 51.5 Å². The number of halogens is 2. The lowest BCUT2D eigenvalue weighted by atomic mass is 10.1. The molecule has 0 aliphatic rings. The molecule has 2 rings (SSSR count). The van der Waals surface area contributed by atoms with Crippen molar-refractivity contribution in [2.24, 2.45) is 0 Å². The maximum Gasteiger partial charge on any atom is 0.164 e. The van der Waals surface area contributed by atoms with Gasteiger partial charge in [0.05, 0.1) is 5.88 Å². The molecule has 1 aromatic carbocycles. The van der Waals surface area contributed by atoms with Crippen molar-refractivity contribution in [1.29, 1.82) is 0 Å². The molecule has 0 aliphatic heterocycles. The SMILES string of the molecule is Cc1cc(-c2nnc(CCl)n2C(C)(C)C)ccc1F. The summed E-state index contributed by atoms with van der Waals surface area (Å²) in [4.78, 5) is 0. The summed E-state index contributed by atoms with van der Waals surface area (Å²) in [7, 11) is 0. The van der Waals surface area contributed by atoms with Crippen molar-refractivity contribution in [2.45, 2.75) is 39.1 Å². The maximum absolute atomic E-state index is 13.4. The van der Waals surface area contributed by atoms with Gasteiger partial charge in [0.2, 0.25) is 0 Å². The fourth-order valence-electron chi connectivity index (χ4n) is 2.08. The molecular formula is C14H17ClFN3. The third-order valence-electron chi connectivity index (χ3n) is 2.94. The molecule has 0 saturated carbocycles. The van der Waals surface area contributed by atoms with Gasteiger partial charge >= 0.3 is 0 Å². The van der Waals surface area contributed by atoms with E-state index in [0.717, 1.165) is 5.56 Å². The molecule has 0 atom stereocenters. The molecule has 1 aromatic heterocycles. The number of hydrogen-bond acceptors (Lipinski definition) is 2. The normalized spacial score (nSPS) is 11.9. The van der Waals surface area contributed by atoms with Crippen LogP contribution in [0, 0.1) is 12.7 Å². The number of hydrogen-bond donors (Lipinski definition) is 0. The standard InChI is InChI=1S/C14H17ClFN3/c1-9-7-10(5-6-11(9)16)13-18-17-12(8-15)19(13)14(2,3)4/h5-7H,8H2,1-4H3. The molecule has 2 aromatic rings. The smallest absolute Gasteiger partial charge is 0.164 e. The first-order chi connectivity index (χ1) is 8.84. The summed E-state index contributed by atoms with van der Waals surface area (Å²) in [6, 6.07) is 4.94. The van der Waals surface area contributed by atoms with Gasteiger partial charge < -0.3 is 4.57 Å². The first kappa shape index (κ1) is 14.0. The molecule has 1 heterocycles. The second-order valence-electron chi connectivity index (χ2n) is 5.54. The molecule has 3 nitrogen and oxygen atoms in total. The van der Waals surface area contributed by atoms with Crippen LogP contribution >= 0.6 is 11.6 Å². The van der Waals surface area contributed by atoms with Crippen LogP contribution in [0.2, 0.25) is 0 Å². The van der Waals surface area contributed by atoms with E-state index in [1.54, 1.807) is 19.1 Å². The summed E-state index contributed by atoms with van der Waals surface area (Å²) < 4.78 is 15.3. The molecule has 0 bridgehead atoms. The number of benzene rings is 1. The average molecular weight is 282 g/mol. The largest absolute Gasteiger partial charge is 0.305 e. The second-order valence-corrected chi connectivity index (χ2v) is 5.81. The molecule has 5 heteroatoms. The Morgan fingerprint density at radius 1 is 1.26 bits per heavy atom. The van der Waals surface area contributed by atoms with Gasteiger partial charge in [0.15, 0.2) is 5.82 Å². The van der Waals surface area contributed by atoms with Crippen molar-refractivity contribution < 1.29 is 4.39 Å². The summed E-state index contributed by atoms with van der Waals surface area (Å²) in [6.07, 6.45) is 0. The zero-order valence-electron chi connectivity index (χ0n) is 11.5. The molecule has 0 fully saturated rings. The fraction of sp³-hybridized carbons (Fsp3) is 0.429. The molecule has 0 radical (unpaired) electrons. The van der Waals surface area contributed by atoms with Crippen LogP contribution in [-0.4, -0.2) is 14.8 Å². The molecule has 102 valence electrons.